The Kier molecular flexibility index (Phi) is 4.48. The largest absolute Gasteiger partial charge is 0.481 e. The van der Waals surface area contributed by atoms with Gasteiger partial charge in [0.25, 0.3) is 0 Å². The summed E-state index contributed by atoms with van der Waals surface area (Å²) < 4.78 is 5.10. The Morgan fingerprint density at radius 2 is 2.00 bits per heavy atom. The Morgan fingerprint density at radius 1 is 1.18 bits per heavy atom. The van der Waals surface area contributed by atoms with Gasteiger partial charge in [0.15, 0.2) is 0 Å². The number of nitrogens with zero attached hydrogens (tertiary/aromatic N) is 5. The van der Waals surface area contributed by atoms with Gasteiger partial charge >= 0.3 is 0 Å². The first kappa shape index (κ1) is 14.7. The molecule has 1 saturated heterocycles. The second-order valence-electron chi connectivity index (χ2n) is 5.52. The number of rotatable bonds is 4. The van der Waals surface area contributed by atoms with Gasteiger partial charge in [-0.3, -0.25) is 4.90 Å². The molecule has 3 rings (SSSR count). The minimum atomic E-state index is 0.444. The Hall–Kier alpha value is -2.21. The maximum absolute atomic E-state index is 5.10. The normalized spacial score (nSPS) is 19.2. The molecule has 1 aliphatic heterocycles. The van der Waals surface area contributed by atoms with Crippen molar-refractivity contribution in [3.8, 4) is 5.88 Å². The zero-order chi connectivity index (χ0) is 15.4. The van der Waals surface area contributed by atoms with Crippen LogP contribution in [0.3, 0.4) is 0 Å². The lowest BCUT2D eigenvalue weighted by molar-refractivity contribution is 0.180. The number of hydrogen-bond donors (Lipinski definition) is 0. The van der Waals surface area contributed by atoms with Crippen LogP contribution in [0.1, 0.15) is 12.5 Å². The van der Waals surface area contributed by atoms with Crippen molar-refractivity contribution in [2.45, 2.75) is 19.5 Å². The van der Waals surface area contributed by atoms with E-state index in [1.165, 1.54) is 5.56 Å². The van der Waals surface area contributed by atoms with Crippen LogP contribution in [0, 0.1) is 0 Å². The molecular weight excluding hydrogens is 278 g/mol. The van der Waals surface area contributed by atoms with Crippen molar-refractivity contribution in [2.24, 2.45) is 0 Å². The van der Waals surface area contributed by atoms with E-state index in [0.717, 1.165) is 32.1 Å². The number of aromatic nitrogens is 3. The lowest BCUT2D eigenvalue weighted by Crippen LogP contribution is -2.51. The summed E-state index contributed by atoms with van der Waals surface area (Å²) in [5, 5.41) is 0. The van der Waals surface area contributed by atoms with Gasteiger partial charge in [-0.15, -0.1) is 0 Å². The van der Waals surface area contributed by atoms with Gasteiger partial charge in [0, 0.05) is 56.9 Å². The predicted molar refractivity (Wildman–Crippen MR) is 84.9 cm³/mol. The summed E-state index contributed by atoms with van der Waals surface area (Å²) in [6.45, 7) is 6.02. The van der Waals surface area contributed by atoms with Crippen molar-refractivity contribution in [1.82, 2.24) is 19.9 Å². The summed E-state index contributed by atoms with van der Waals surface area (Å²) in [5.74, 6) is 1.47. The fourth-order valence-electron chi connectivity index (χ4n) is 2.73. The summed E-state index contributed by atoms with van der Waals surface area (Å²) in [7, 11) is 1.63. The highest BCUT2D eigenvalue weighted by molar-refractivity contribution is 5.30. The fraction of sp³-hybridized carbons (Fsp3) is 0.438. The highest BCUT2D eigenvalue weighted by Gasteiger charge is 2.25. The Labute approximate surface area is 130 Å². The van der Waals surface area contributed by atoms with Gasteiger partial charge in [0.1, 0.15) is 0 Å². The molecule has 0 spiro atoms. The average Bonchev–Trinajstić information content (AvgIpc) is 2.58. The van der Waals surface area contributed by atoms with Crippen LogP contribution in [-0.4, -0.2) is 52.6 Å². The highest BCUT2D eigenvalue weighted by Crippen LogP contribution is 2.17. The topological polar surface area (TPSA) is 54.4 Å². The van der Waals surface area contributed by atoms with E-state index in [2.05, 4.69) is 37.7 Å². The first-order valence-corrected chi connectivity index (χ1v) is 7.51. The molecule has 0 amide bonds. The third kappa shape index (κ3) is 3.33. The molecule has 2 aromatic rings. The summed E-state index contributed by atoms with van der Waals surface area (Å²) in [5.41, 5.74) is 1.21. The maximum atomic E-state index is 5.10. The zero-order valence-electron chi connectivity index (χ0n) is 13.0. The van der Waals surface area contributed by atoms with Crippen LogP contribution in [0.25, 0.3) is 0 Å². The van der Waals surface area contributed by atoms with Crippen LogP contribution >= 0.6 is 0 Å². The van der Waals surface area contributed by atoms with Crippen molar-refractivity contribution in [2.75, 3.05) is 31.6 Å². The monoisotopic (exact) mass is 299 g/mol. The third-order valence-corrected chi connectivity index (χ3v) is 3.99. The minimum Gasteiger partial charge on any atom is -0.481 e. The van der Waals surface area contributed by atoms with E-state index in [9.17, 15) is 0 Å². The second-order valence-corrected chi connectivity index (χ2v) is 5.52. The first-order chi connectivity index (χ1) is 10.8. The van der Waals surface area contributed by atoms with Crippen molar-refractivity contribution in [1.29, 1.82) is 0 Å². The summed E-state index contributed by atoms with van der Waals surface area (Å²) in [6.07, 6.45) is 5.48. The number of anilines is 1. The van der Waals surface area contributed by atoms with Gasteiger partial charge in [-0.25, -0.2) is 15.0 Å². The van der Waals surface area contributed by atoms with Crippen LogP contribution in [0.5, 0.6) is 5.88 Å². The molecule has 1 aliphatic rings. The molecule has 0 aromatic carbocycles. The number of piperazine rings is 1. The van der Waals surface area contributed by atoms with E-state index >= 15 is 0 Å². The van der Waals surface area contributed by atoms with E-state index in [4.69, 9.17) is 4.74 Å². The standard InChI is InChI=1S/C16H21N5O/c1-13-11-21(16-17-6-3-7-18-16)9-8-20(13)12-14-4-5-15(22-2)19-10-14/h3-7,10,13H,8-9,11-12H2,1-2H3. The molecule has 3 heterocycles. The molecule has 0 saturated carbocycles. The number of ether oxygens (including phenoxy) is 1. The van der Waals surface area contributed by atoms with E-state index in [-0.39, 0.29) is 0 Å². The Balaban J connectivity index is 1.60. The summed E-state index contributed by atoms with van der Waals surface area (Å²) in [4.78, 5) is 17.7. The van der Waals surface area contributed by atoms with Gasteiger partial charge in [-0.2, -0.15) is 0 Å². The van der Waals surface area contributed by atoms with Crippen LogP contribution in [-0.2, 0) is 6.54 Å². The van der Waals surface area contributed by atoms with Gasteiger partial charge in [0.2, 0.25) is 11.8 Å². The molecule has 22 heavy (non-hydrogen) atoms. The molecular formula is C16H21N5O. The Bertz CT molecular complexity index is 589. The lowest BCUT2D eigenvalue weighted by Gasteiger charge is -2.39. The molecule has 6 heteroatoms. The lowest BCUT2D eigenvalue weighted by atomic mass is 10.1. The first-order valence-electron chi connectivity index (χ1n) is 7.51. The Morgan fingerprint density at radius 3 is 2.64 bits per heavy atom. The van der Waals surface area contributed by atoms with Crippen molar-refractivity contribution in [3.63, 3.8) is 0 Å². The molecule has 1 atom stereocenters. The van der Waals surface area contributed by atoms with E-state index in [0.29, 0.717) is 11.9 Å². The summed E-state index contributed by atoms with van der Waals surface area (Å²) in [6, 6.07) is 6.28. The molecule has 0 radical (unpaired) electrons. The maximum Gasteiger partial charge on any atom is 0.225 e. The molecule has 1 unspecified atom stereocenters. The van der Waals surface area contributed by atoms with Gasteiger partial charge in [-0.05, 0) is 18.6 Å². The number of pyridine rings is 1. The molecule has 0 aliphatic carbocycles. The van der Waals surface area contributed by atoms with Crippen LogP contribution in [0.15, 0.2) is 36.8 Å². The molecule has 116 valence electrons. The van der Waals surface area contributed by atoms with Crippen molar-refractivity contribution < 1.29 is 4.74 Å². The van der Waals surface area contributed by atoms with E-state index in [1.54, 1.807) is 19.5 Å². The minimum absolute atomic E-state index is 0.444. The molecule has 0 N–H and O–H groups in total. The number of methoxy groups -OCH3 is 1. The molecule has 2 aromatic heterocycles. The van der Waals surface area contributed by atoms with Crippen molar-refractivity contribution in [3.05, 3.63) is 42.4 Å². The van der Waals surface area contributed by atoms with Crippen LogP contribution < -0.4 is 9.64 Å². The van der Waals surface area contributed by atoms with Gasteiger partial charge < -0.3 is 9.64 Å². The fourth-order valence-corrected chi connectivity index (χ4v) is 2.73. The van der Waals surface area contributed by atoms with E-state index < -0.39 is 0 Å². The summed E-state index contributed by atoms with van der Waals surface area (Å²) >= 11 is 0. The van der Waals surface area contributed by atoms with Crippen LogP contribution in [0.4, 0.5) is 5.95 Å². The average molecular weight is 299 g/mol. The van der Waals surface area contributed by atoms with E-state index in [1.807, 2.05) is 18.3 Å². The van der Waals surface area contributed by atoms with Gasteiger partial charge in [-0.1, -0.05) is 6.07 Å². The molecule has 1 fully saturated rings. The molecule has 6 nitrogen and oxygen atoms in total. The second kappa shape index (κ2) is 6.70. The predicted octanol–water partition coefficient (Wildman–Crippen LogP) is 1.59. The van der Waals surface area contributed by atoms with Crippen molar-refractivity contribution >= 4 is 5.95 Å². The smallest absolute Gasteiger partial charge is 0.225 e. The quantitative estimate of drug-likeness (QED) is 0.854. The van der Waals surface area contributed by atoms with Crippen LogP contribution in [0.2, 0.25) is 0 Å². The zero-order valence-corrected chi connectivity index (χ0v) is 13.0. The highest BCUT2D eigenvalue weighted by atomic mass is 16.5. The SMILES string of the molecule is COc1ccc(CN2CCN(c3ncccn3)CC2C)cn1. The third-order valence-electron chi connectivity index (χ3n) is 3.99. The van der Waals surface area contributed by atoms with Gasteiger partial charge in [0.05, 0.1) is 7.11 Å². The molecule has 0 bridgehead atoms. The number of hydrogen-bond acceptors (Lipinski definition) is 6.